The zero-order valence-electron chi connectivity index (χ0n) is 10.6. The van der Waals surface area contributed by atoms with E-state index < -0.39 is 6.61 Å². The first kappa shape index (κ1) is 13.4. The minimum absolute atomic E-state index is 0.0465. The van der Waals surface area contributed by atoms with Crippen molar-refractivity contribution in [2.45, 2.75) is 20.5 Å². The maximum Gasteiger partial charge on any atom is 0.387 e. The van der Waals surface area contributed by atoms with Crippen LogP contribution in [0.3, 0.4) is 0 Å². The number of carbonyl (C=O) groups excluding carboxylic acids is 1. The van der Waals surface area contributed by atoms with Crippen molar-refractivity contribution in [3.05, 3.63) is 36.0 Å². The Morgan fingerprint density at radius 1 is 1.21 bits per heavy atom. The average molecular weight is 265 g/mol. The molecule has 0 radical (unpaired) electrons. The molecule has 1 aromatic heterocycles. The summed E-state index contributed by atoms with van der Waals surface area (Å²) in [6.07, 6.45) is 0. The van der Waals surface area contributed by atoms with Crippen LogP contribution in [0.5, 0.6) is 5.75 Å². The van der Waals surface area contributed by atoms with Gasteiger partial charge in [-0.3, -0.25) is 4.79 Å². The molecule has 2 rings (SSSR count). The van der Waals surface area contributed by atoms with Crippen LogP contribution in [-0.4, -0.2) is 17.4 Å². The molecule has 2 aromatic rings. The van der Waals surface area contributed by atoms with E-state index in [0.29, 0.717) is 16.6 Å². The molecule has 0 aliphatic rings. The highest BCUT2D eigenvalue weighted by Gasteiger charge is 2.12. The van der Waals surface area contributed by atoms with E-state index in [9.17, 15) is 13.6 Å². The van der Waals surface area contributed by atoms with Gasteiger partial charge < -0.3 is 4.74 Å². The first-order valence-corrected chi connectivity index (χ1v) is 5.87. The Labute approximate surface area is 109 Å². The Hall–Kier alpha value is -2.04. The Morgan fingerprint density at radius 3 is 2.58 bits per heavy atom. The summed E-state index contributed by atoms with van der Waals surface area (Å²) in [5.74, 6) is -0.103. The number of pyridine rings is 1. The van der Waals surface area contributed by atoms with Crippen molar-refractivity contribution in [3.63, 3.8) is 0 Å². The summed E-state index contributed by atoms with van der Waals surface area (Å²) < 4.78 is 28.5. The van der Waals surface area contributed by atoms with Crippen molar-refractivity contribution < 1.29 is 18.3 Å². The summed E-state index contributed by atoms with van der Waals surface area (Å²) in [5, 5.41) is 0.651. The fraction of sp³-hybridized carbons (Fsp3) is 0.286. The molecule has 3 nitrogen and oxygen atoms in total. The van der Waals surface area contributed by atoms with Crippen LogP contribution in [0.1, 0.15) is 24.3 Å². The lowest BCUT2D eigenvalue weighted by Gasteiger charge is -2.07. The molecule has 19 heavy (non-hydrogen) atoms. The first-order valence-electron chi connectivity index (χ1n) is 5.87. The summed E-state index contributed by atoms with van der Waals surface area (Å²) in [7, 11) is 0. The molecule has 0 saturated heterocycles. The van der Waals surface area contributed by atoms with Crippen LogP contribution in [0.4, 0.5) is 8.78 Å². The molecular weight excluding hydrogens is 252 g/mol. The highest BCUT2D eigenvalue weighted by Crippen LogP contribution is 2.22. The molecule has 100 valence electrons. The van der Waals surface area contributed by atoms with E-state index in [2.05, 4.69) is 9.72 Å². The number of ketones is 1. The molecule has 0 spiro atoms. The van der Waals surface area contributed by atoms with Crippen molar-refractivity contribution in [3.8, 4) is 5.75 Å². The molecule has 0 amide bonds. The number of fused-ring (bicyclic) bond motifs is 1. The molecule has 0 saturated carbocycles. The number of carbonyl (C=O) groups is 1. The number of rotatable bonds is 4. The fourth-order valence-corrected chi connectivity index (χ4v) is 1.71. The van der Waals surface area contributed by atoms with E-state index in [0.717, 1.165) is 0 Å². The average Bonchev–Trinajstić information content (AvgIpc) is 2.36. The molecular formula is C14H13F2NO2. The van der Waals surface area contributed by atoms with E-state index >= 15 is 0 Å². The van der Waals surface area contributed by atoms with E-state index in [-0.39, 0.29) is 17.5 Å². The van der Waals surface area contributed by atoms with Gasteiger partial charge >= 0.3 is 6.61 Å². The Kier molecular flexibility index (Phi) is 3.74. The molecule has 1 heterocycles. The van der Waals surface area contributed by atoms with E-state index in [1.165, 1.54) is 12.1 Å². The van der Waals surface area contributed by atoms with Crippen LogP contribution in [0.15, 0.2) is 30.3 Å². The lowest BCUT2D eigenvalue weighted by atomic mass is 10.0. The summed E-state index contributed by atoms with van der Waals surface area (Å²) in [6.45, 7) is 0.744. The van der Waals surface area contributed by atoms with Crippen LogP contribution in [-0.2, 0) is 0 Å². The second-order valence-corrected chi connectivity index (χ2v) is 4.45. The molecule has 0 fully saturated rings. The van der Waals surface area contributed by atoms with E-state index in [1.807, 2.05) is 0 Å². The standard InChI is InChI=1S/C14H13F2NO2/c1-8(2)13(18)12-5-3-9-7-10(19-14(15)16)4-6-11(9)17-12/h3-8,14H,1-2H3. The second kappa shape index (κ2) is 5.30. The molecule has 5 heteroatoms. The topological polar surface area (TPSA) is 39.2 Å². The van der Waals surface area contributed by atoms with Gasteiger partial charge in [-0.15, -0.1) is 0 Å². The normalized spacial score (nSPS) is 11.3. The zero-order chi connectivity index (χ0) is 14.0. The number of hydrogen-bond donors (Lipinski definition) is 0. The number of aromatic nitrogens is 1. The summed E-state index contributed by atoms with van der Waals surface area (Å²) in [4.78, 5) is 16.0. The van der Waals surface area contributed by atoms with Crippen LogP contribution < -0.4 is 4.74 Å². The SMILES string of the molecule is CC(C)C(=O)c1ccc2cc(OC(F)F)ccc2n1. The number of Topliss-reactive ketones (excluding diaryl/α,β-unsaturated/α-hetero) is 1. The summed E-state index contributed by atoms with van der Waals surface area (Å²) in [5.41, 5.74) is 0.957. The summed E-state index contributed by atoms with van der Waals surface area (Å²) in [6, 6.07) is 7.71. The minimum Gasteiger partial charge on any atom is -0.435 e. The van der Waals surface area contributed by atoms with Crippen molar-refractivity contribution in [1.82, 2.24) is 4.98 Å². The van der Waals surface area contributed by atoms with Gasteiger partial charge in [-0.1, -0.05) is 19.9 Å². The monoisotopic (exact) mass is 265 g/mol. The lowest BCUT2D eigenvalue weighted by molar-refractivity contribution is -0.0497. The molecule has 0 aliphatic carbocycles. The van der Waals surface area contributed by atoms with Gasteiger partial charge in [-0.2, -0.15) is 8.78 Å². The number of hydrogen-bond acceptors (Lipinski definition) is 3. The van der Waals surface area contributed by atoms with Crippen LogP contribution >= 0.6 is 0 Å². The number of nitrogens with zero attached hydrogens (tertiary/aromatic N) is 1. The van der Waals surface area contributed by atoms with Gasteiger partial charge in [0, 0.05) is 11.3 Å². The third-order valence-corrected chi connectivity index (χ3v) is 2.66. The highest BCUT2D eigenvalue weighted by molar-refractivity contribution is 5.97. The number of halogens is 2. The van der Waals surface area contributed by atoms with Crippen LogP contribution in [0.2, 0.25) is 0 Å². The fourth-order valence-electron chi connectivity index (χ4n) is 1.71. The summed E-state index contributed by atoms with van der Waals surface area (Å²) >= 11 is 0. The number of ether oxygens (including phenoxy) is 1. The largest absolute Gasteiger partial charge is 0.435 e. The lowest BCUT2D eigenvalue weighted by Crippen LogP contribution is -2.09. The van der Waals surface area contributed by atoms with Gasteiger partial charge in [0.1, 0.15) is 11.4 Å². The predicted octanol–water partition coefficient (Wildman–Crippen LogP) is 3.67. The Morgan fingerprint density at radius 2 is 1.95 bits per heavy atom. The van der Waals surface area contributed by atoms with Crippen molar-refractivity contribution in [1.29, 1.82) is 0 Å². The van der Waals surface area contributed by atoms with Crippen LogP contribution in [0, 0.1) is 5.92 Å². The maximum absolute atomic E-state index is 12.1. The molecule has 0 aliphatic heterocycles. The highest BCUT2D eigenvalue weighted by atomic mass is 19.3. The van der Waals surface area contributed by atoms with Crippen LogP contribution in [0.25, 0.3) is 10.9 Å². The Bertz CT molecular complexity index is 611. The van der Waals surface area contributed by atoms with Gasteiger partial charge in [-0.05, 0) is 24.3 Å². The van der Waals surface area contributed by atoms with Gasteiger partial charge in [0.15, 0.2) is 5.78 Å². The molecule has 1 aromatic carbocycles. The maximum atomic E-state index is 12.1. The molecule has 0 unspecified atom stereocenters. The zero-order valence-corrected chi connectivity index (χ0v) is 10.6. The first-order chi connectivity index (χ1) is 8.97. The van der Waals surface area contributed by atoms with Gasteiger partial charge in [0.05, 0.1) is 5.52 Å². The third kappa shape index (κ3) is 3.05. The number of benzene rings is 1. The third-order valence-electron chi connectivity index (χ3n) is 2.66. The quantitative estimate of drug-likeness (QED) is 0.792. The van der Waals surface area contributed by atoms with Gasteiger partial charge in [0.2, 0.25) is 0 Å². The minimum atomic E-state index is -2.85. The van der Waals surface area contributed by atoms with E-state index in [4.69, 9.17) is 0 Å². The van der Waals surface area contributed by atoms with Crippen molar-refractivity contribution in [2.24, 2.45) is 5.92 Å². The van der Waals surface area contributed by atoms with Gasteiger partial charge in [0.25, 0.3) is 0 Å². The predicted molar refractivity (Wildman–Crippen MR) is 67.5 cm³/mol. The smallest absolute Gasteiger partial charge is 0.387 e. The van der Waals surface area contributed by atoms with Gasteiger partial charge in [-0.25, -0.2) is 4.98 Å². The molecule has 0 bridgehead atoms. The Balaban J connectivity index is 2.38. The number of alkyl halides is 2. The molecule has 0 atom stereocenters. The second-order valence-electron chi connectivity index (χ2n) is 4.45. The molecule has 0 N–H and O–H groups in total. The van der Waals surface area contributed by atoms with E-state index in [1.54, 1.807) is 32.0 Å². The van der Waals surface area contributed by atoms with Crippen molar-refractivity contribution in [2.75, 3.05) is 0 Å². The van der Waals surface area contributed by atoms with Crippen molar-refractivity contribution >= 4 is 16.7 Å².